The van der Waals surface area contributed by atoms with E-state index in [1.165, 1.54) is 19.1 Å². The normalized spacial score (nSPS) is 11.9. The lowest BCUT2D eigenvalue weighted by Crippen LogP contribution is -2.38. The monoisotopic (exact) mass is 245 g/mol. The van der Waals surface area contributed by atoms with E-state index in [0.717, 1.165) is 6.07 Å². The smallest absolute Gasteiger partial charge is 0.325 e. The zero-order valence-electron chi connectivity index (χ0n) is 8.33. The summed E-state index contributed by atoms with van der Waals surface area (Å²) in [5.74, 6) is -2.77. The van der Waals surface area contributed by atoms with Crippen molar-refractivity contribution < 1.29 is 19.1 Å². The van der Waals surface area contributed by atoms with Crippen molar-refractivity contribution in [1.29, 1.82) is 0 Å². The van der Waals surface area contributed by atoms with E-state index in [9.17, 15) is 14.0 Å². The first-order valence-corrected chi connectivity index (χ1v) is 4.78. The molecule has 1 amide bonds. The highest BCUT2D eigenvalue weighted by Gasteiger charge is 2.17. The number of hydrogen-bond acceptors (Lipinski definition) is 2. The number of aliphatic carboxylic acids is 1. The van der Waals surface area contributed by atoms with Gasteiger partial charge in [0.25, 0.3) is 5.91 Å². The van der Waals surface area contributed by atoms with E-state index in [0.29, 0.717) is 0 Å². The molecule has 0 aromatic heterocycles. The average Bonchev–Trinajstić information content (AvgIpc) is 2.16. The predicted octanol–water partition coefficient (Wildman–Crippen LogP) is 1.68. The third kappa shape index (κ3) is 2.93. The maximum Gasteiger partial charge on any atom is 0.325 e. The zero-order valence-corrected chi connectivity index (χ0v) is 9.08. The van der Waals surface area contributed by atoms with Crippen LogP contribution in [0.5, 0.6) is 0 Å². The molecule has 0 bridgehead atoms. The Balaban J connectivity index is 2.85. The highest BCUT2D eigenvalue weighted by molar-refractivity contribution is 6.30. The molecular weight excluding hydrogens is 237 g/mol. The zero-order chi connectivity index (χ0) is 12.3. The van der Waals surface area contributed by atoms with Gasteiger partial charge in [0.15, 0.2) is 0 Å². The molecule has 0 aliphatic carbocycles. The number of carbonyl (C=O) groups excluding carboxylic acids is 1. The number of carbonyl (C=O) groups is 2. The van der Waals surface area contributed by atoms with E-state index in [4.69, 9.17) is 16.7 Å². The van der Waals surface area contributed by atoms with Crippen molar-refractivity contribution in [3.8, 4) is 0 Å². The molecular formula is C10H9ClFNO3. The molecule has 1 aromatic rings. The molecule has 0 saturated carbocycles. The molecule has 4 nitrogen and oxygen atoms in total. The van der Waals surface area contributed by atoms with Crippen molar-refractivity contribution in [1.82, 2.24) is 5.32 Å². The molecule has 2 N–H and O–H groups in total. The largest absolute Gasteiger partial charge is 0.480 e. The lowest BCUT2D eigenvalue weighted by molar-refractivity contribution is -0.138. The molecule has 0 saturated heterocycles. The Morgan fingerprint density at radius 3 is 2.62 bits per heavy atom. The van der Waals surface area contributed by atoms with Crippen LogP contribution in [-0.4, -0.2) is 23.0 Å². The van der Waals surface area contributed by atoms with Gasteiger partial charge < -0.3 is 10.4 Å². The van der Waals surface area contributed by atoms with Gasteiger partial charge >= 0.3 is 5.97 Å². The Morgan fingerprint density at radius 2 is 2.12 bits per heavy atom. The number of carboxylic acids is 1. The van der Waals surface area contributed by atoms with Crippen molar-refractivity contribution in [3.63, 3.8) is 0 Å². The molecule has 86 valence electrons. The van der Waals surface area contributed by atoms with Crippen LogP contribution in [0.4, 0.5) is 4.39 Å². The topological polar surface area (TPSA) is 66.4 Å². The van der Waals surface area contributed by atoms with E-state index in [1.807, 2.05) is 0 Å². The van der Waals surface area contributed by atoms with Crippen molar-refractivity contribution in [2.75, 3.05) is 0 Å². The summed E-state index contributed by atoms with van der Waals surface area (Å²) in [5, 5.41) is 10.9. The number of carboxylic acid groups (broad SMARTS) is 1. The second-order valence-electron chi connectivity index (χ2n) is 3.16. The van der Waals surface area contributed by atoms with Crippen LogP contribution in [0, 0.1) is 5.82 Å². The predicted molar refractivity (Wildman–Crippen MR) is 56.0 cm³/mol. The first kappa shape index (κ1) is 12.4. The van der Waals surface area contributed by atoms with Crippen LogP contribution in [0.25, 0.3) is 0 Å². The molecule has 16 heavy (non-hydrogen) atoms. The third-order valence-electron chi connectivity index (χ3n) is 1.89. The fraction of sp³-hybridized carbons (Fsp3) is 0.200. The van der Waals surface area contributed by atoms with Gasteiger partial charge in [0.05, 0.1) is 5.56 Å². The summed E-state index contributed by atoms with van der Waals surface area (Å²) in [6.07, 6.45) is 0. The molecule has 1 aromatic carbocycles. The lowest BCUT2D eigenvalue weighted by atomic mass is 10.2. The number of nitrogens with one attached hydrogen (secondary N) is 1. The van der Waals surface area contributed by atoms with Crippen molar-refractivity contribution in [3.05, 3.63) is 34.6 Å². The Morgan fingerprint density at radius 1 is 1.50 bits per heavy atom. The fourth-order valence-electron chi connectivity index (χ4n) is 1.01. The van der Waals surface area contributed by atoms with Crippen LogP contribution >= 0.6 is 11.6 Å². The number of hydrogen-bond donors (Lipinski definition) is 2. The molecule has 0 heterocycles. The molecule has 1 rings (SSSR count). The molecule has 0 aliphatic heterocycles. The Labute approximate surface area is 96.0 Å². The van der Waals surface area contributed by atoms with Crippen LogP contribution in [-0.2, 0) is 4.79 Å². The molecule has 0 aliphatic rings. The quantitative estimate of drug-likeness (QED) is 0.852. The van der Waals surface area contributed by atoms with Crippen molar-refractivity contribution in [2.24, 2.45) is 0 Å². The molecule has 0 radical (unpaired) electrons. The number of benzene rings is 1. The minimum atomic E-state index is -1.19. The highest BCUT2D eigenvalue weighted by atomic mass is 35.5. The van der Waals surface area contributed by atoms with Crippen molar-refractivity contribution in [2.45, 2.75) is 13.0 Å². The first-order valence-electron chi connectivity index (χ1n) is 4.40. The lowest BCUT2D eigenvalue weighted by Gasteiger charge is -2.09. The van der Waals surface area contributed by atoms with Crippen LogP contribution in [0.1, 0.15) is 17.3 Å². The Kier molecular flexibility index (Phi) is 3.84. The second kappa shape index (κ2) is 4.94. The maximum absolute atomic E-state index is 13.3. The van der Waals surface area contributed by atoms with Gasteiger partial charge in [0.2, 0.25) is 0 Å². The number of rotatable bonds is 3. The van der Waals surface area contributed by atoms with Crippen molar-refractivity contribution >= 4 is 23.5 Å². The van der Waals surface area contributed by atoms with E-state index < -0.39 is 23.7 Å². The van der Waals surface area contributed by atoms with Gasteiger partial charge in [-0.25, -0.2) is 4.39 Å². The van der Waals surface area contributed by atoms with Gasteiger partial charge in [0, 0.05) is 5.02 Å². The van der Waals surface area contributed by atoms with E-state index in [1.54, 1.807) is 0 Å². The second-order valence-corrected chi connectivity index (χ2v) is 3.59. The van der Waals surface area contributed by atoms with Gasteiger partial charge in [-0.05, 0) is 25.1 Å². The summed E-state index contributed by atoms with van der Waals surface area (Å²) in [7, 11) is 0. The molecule has 0 fully saturated rings. The number of halogens is 2. The van der Waals surface area contributed by atoms with Crippen LogP contribution in [0.3, 0.4) is 0 Å². The summed E-state index contributed by atoms with van der Waals surface area (Å²) in [6.45, 7) is 1.29. The summed E-state index contributed by atoms with van der Waals surface area (Å²) >= 11 is 5.51. The SMILES string of the molecule is C[C@@H](NC(=O)c1ccc(Cl)cc1F)C(=O)O. The van der Waals surface area contributed by atoms with Crippen LogP contribution in [0.15, 0.2) is 18.2 Å². The van der Waals surface area contributed by atoms with Crippen LogP contribution in [0.2, 0.25) is 5.02 Å². The molecule has 0 unspecified atom stereocenters. The van der Waals surface area contributed by atoms with Gasteiger partial charge in [0.1, 0.15) is 11.9 Å². The van der Waals surface area contributed by atoms with E-state index in [-0.39, 0.29) is 10.6 Å². The molecule has 0 spiro atoms. The standard InChI is InChI=1S/C10H9ClFNO3/c1-5(10(15)16)13-9(14)7-3-2-6(11)4-8(7)12/h2-5H,1H3,(H,13,14)(H,15,16)/t5-/m1/s1. The molecule has 1 atom stereocenters. The van der Waals surface area contributed by atoms with E-state index in [2.05, 4.69) is 5.32 Å². The summed E-state index contributed by atoms with van der Waals surface area (Å²) in [5.41, 5.74) is -0.238. The first-order chi connectivity index (χ1) is 7.41. The average molecular weight is 246 g/mol. The third-order valence-corrected chi connectivity index (χ3v) is 2.13. The van der Waals surface area contributed by atoms with E-state index >= 15 is 0 Å². The minimum Gasteiger partial charge on any atom is -0.480 e. The van der Waals surface area contributed by atoms with Gasteiger partial charge in [-0.3, -0.25) is 9.59 Å². The highest BCUT2D eigenvalue weighted by Crippen LogP contribution is 2.14. The van der Waals surface area contributed by atoms with Gasteiger partial charge in [-0.1, -0.05) is 11.6 Å². The Hall–Kier alpha value is -1.62. The summed E-state index contributed by atoms with van der Waals surface area (Å²) in [6, 6.07) is 2.46. The maximum atomic E-state index is 13.3. The minimum absolute atomic E-state index is 0.167. The summed E-state index contributed by atoms with van der Waals surface area (Å²) in [4.78, 5) is 21.9. The van der Waals surface area contributed by atoms with Gasteiger partial charge in [-0.2, -0.15) is 0 Å². The molecule has 6 heteroatoms. The fourth-order valence-corrected chi connectivity index (χ4v) is 1.17. The van der Waals surface area contributed by atoms with Gasteiger partial charge in [-0.15, -0.1) is 0 Å². The number of amides is 1. The summed E-state index contributed by atoms with van der Waals surface area (Å²) < 4.78 is 13.3. The Bertz CT molecular complexity index is 436. The van der Waals surface area contributed by atoms with Crippen LogP contribution < -0.4 is 5.32 Å².